The van der Waals surface area contributed by atoms with Crippen molar-refractivity contribution in [2.75, 3.05) is 0 Å². The molecule has 0 spiro atoms. The Bertz CT molecular complexity index is 738. The lowest BCUT2D eigenvalue weighted by Crippen LogP contribution is -2.16. The van der Waals surface area contributed by atoms with Gasteiger partial charge in [-0.15, -0.1) is 5.10 Å². The van der Waals surface area contributed by atoms with Crippen LogP contribution in [0.2, 0.25) is 0 Å². The number of benzene rings is 1. The van der Waals surface area contributed by atoms with Gasteiger partial charge in [-0.3, -0.25) is 0 Å². The van der Waals surface area contributed by atoms with E-state index in [0.717, 1.165) is 11.1 Å². The lowest BCUT2D eigenvalue weighted by Gasteiger charge is -2.00. The second-order valence-corrected chi connectivity index (χ2v) is 4.30. The second kappa shape index (κ2) is 4.61. The van der Waals surface area contributed by atoms with Crippen molar-refractivity contribution in [3.05, 3.63) is 64.3 Å². The molecular formula is C14H12N2O3. The zero-order valence-corrected chi connectivity index (χ0v) is 10.4. The topological polar surface area (TPSA) is 61.2 Å². The third-order valence-electron chi connectivity index (χ3n) is 2.75. The highest BCUT2D eigenvalue weighted by molar-refractivity contribution is 5.42. The summed E-state index contributed by atoms with van der Waals surface area (Å²) in [5, 5.41) is 4.12. The maximum atomic E-state index is 11.7. The van der Waals surface area contributed by atoms with Crippen LogP contribution in [0.3, 0.4) is 0 Å². The van der Waals surface area contributed by atoms with Crippen LogP contribution in [-0.2, 0) is 6.54 Å². The van der Waals surface area contributed by atoms with Crippen LogP contribution in [0.4, 0.5) is 0 Å². The zero-order chi connectivity index (χ0) is 13.2. The molecule has 0 atom stereocenters. The van der Waals surface area contributed by atoms with Gasteiger partial charge in [-0.05, 0) is 24.6 Å². The molecule has 0 N–H and O–H groups in total. The fourth-order valence-corrected chi connectivity index (χ4v) is 1.89. The number of hydrogen-bond donors (Lipinski definition) is 0. The second-order valence-electron chi connectivity index (χ2n) is 4.30. The van der Waals surface area contributed by atoms with E-state index >= 15 is 0 Å². The van der Waals surface area contributed by atoms with Gasteiger partial charge >= 0.3 is 5.76 Å². The first-order valence-electron chi connectivity index (χ1n) is 5.90. The average Bonchev–Trinajstić information content (AvgIpc) is 3.00. The molecule has 3 rings (SSSR count). The van der Waals surface area contributed by atoms with Crippen molar-refractivity contribution in [1.29, 1.82) is 0 Å². The normalized spacial score (nSPS) is 10.8. The highest BCUT2D eigenvalue weighted by Crippen LogP contribution is 2.15. The quantitative estimate of drug-likeness (QED) is 0.722. The Kier molecular flexibility index (Phi) is 2.79. The first kappa shape index (κ1) is 11.5. The molecule has 0 saturated carbocycles. The molecule has 3 aromatic rings. The van der Waals surface area contributed by atoms with Crippen LogP contribution in [0.25, 0.3) is 11.7 Å². The molecular weight excluding hydrogens is 244 g/mol. The molecule has 0 saturated heterocycles. The highest BCUT2D eigenvalue weighted by Gasteiger charge is 2.12. The number of aromatic nitrogens is 2. The van der Waals surface area contributed by atoms with Gasteiger partial charge in [0.05, 0.1) is 12.8 Å². The first-order chi connectivity index (χ1) is 9.22. The number of aryl methyl sites for hydroxylation is 1. The number of rotatable bonds is 3. The van der Waals surface area contributed by atoms with E-state index in [0.29, 0.717) is 12.3 Å². The Morgan fingerprint density at radius 1 is 1.26 bits per heavy atom. The lowest BCUT2D eigenvalue weighted by atomic mass is 10.1. The van der Waals surface area contributed by atoms with Gasteiger partial charge in [0.1, 0.15) is 0 Å². The van der Waals surface area contributed by atoms with Crippen LogP contribution in [0.5, 0.6) is 0 Å². The van der Waals surface area contributed by atoms with Gasteiger partial charge in [-0.2, -0.15) is 4.68 Å². The van der Waals surface area contributed by atoms with Crippen LogP contribution >= 0.6 is 0 Å². The van der Waals surface area contributed by atoms with Crippen molar-refractivity contribution in [3.8, 4) is 11.7 Å². The van der Waals surface area contributed by atoms with E-state index in [1.54, 1.807) is 12.1 Å². The van der Waals surface area contributed by atoms with Crippen LogP contribution in [0, 0.1) is 6.92 Å². The third kappa shape index (κ3) is 2.35. The molecule has 0 amide bonds. The van der Waals surface area contributed by atoms with Gasteiger partial charge in [0.15, 0.2) is 5.76 Å². The minimum absolute atomic E-state index is 0.197. The van der Waals surface area contributed by atoms with Crippen LogP contribution in [-0.4, -0.2) is 9.78 Å². The summed E-state index contributed by atoms with van der Waals surface area (Å²) >= 11 is 0. The fourth-order valence-electron chi connectivity index (χ4n) is 1.89. The van der Waals surface area contributed by atoms with E-state index in [-0.39, 0.29) is 5.89 Å². The molecule has 0 fully saturated rings. The van der Waals surface area contributed by atoms with Crippen LogP contribution < -0.4 is 5.76 Å². The van der Waals surface area contributed by atoms with E-state index in [2.05, 4.69) is 5.10 Å². The fraction of sp³-hybridized carbons (Fsp3) is 0.143. The van der Waals surface area contributed by atoms with Gasteiger partial charge < -0.3 is 8.83 Å². The molecule has 0 aliphatic heterocycles. The first-order valence-corrected chi connectivity index (χ1v) is 5.90. The summed E-state index contributed by atoms with van der Waals surface area (Å²) in [5.74, 6) is 0.149. The van der Waals surface area contributed by atoms with Crippen LogP contribution in [0.15, 0.2) is 56.3 Å². The lowest BCUT2D eigenvalue weighted by molar-refractivity contribution is 0.476. The van der Waals surface area contributed by atoms with Gasteiger partial charge in [-0.25, -0.2) is 4.79 Å². The van der Waals surface area contributed by atoms with Gasteiger partial charge in [-0.1, -0.05) is 29.8 Å². The van der Waals surface area contributed by atoms with E-state index in [9.17, 15) is 4.79 Å². The standard InChI is InChI=1S/C14H12N2O3/c1-10-4-2-5-11(8-10)9-16-14(17)19-13(15-16)12-6-3-7-18-12/h2-8H,9H2,1H3. The molecule has 19 heavy (non-hydrogen) atoms. The molecule has 5 nitrogen and oxygen atoms in total. The third-order valence-corrected chi connectivity index (χ3v) is 2.75. The summed E-state index contributed by atoms with van der Waals surface area (Å²) in [5.41, 5.74) is 2.14. The number of furan rings is 1. The molecule has 96 valence electrons. The predicted molar refractivity (Wildman–Crippen MR) is 68.7 cm³/mol. The molecule has 0 radical (unpaired) electrons. The summed E-state index contributed by atoms with van der Waals surface area (Å²) < 4.78 is 11.5. The Morgan fingerprint density at radius 3 is 2.89 bits per heavy atom. The van der Waals surface area contributed by atoms with Crippen molar-refractivity contribution in [2.45, 2.75) is 13.5 Å². The maximum Gasteiger partial charge on any atom is 0.437 e. The molecule has 0 bridgehead atoms. The number of nitrogens with zero attached hydrogens (tertiary/aromatic N) is 2. The van der Waals surface area contributed by atoms with Crippen LogP contribution in [0.1, 0.15) is 11.1 Å². The molecule has 0 aliphatic rings. The summed E-state index contributed by atoms with van der Waals surface area (Å²) in [6.07, 6.45) is 1.51. The average molecular weight is 256 g/mol. The van der Waals surface area contributed by atoms with Gasteiger partial charge in [0.2, 0.25) is 0 Å². The minimum Gasteiger partial charge on any atom is -0.459 e. The Morgan fingerprint density at radius 2 is 2.16 bits per heavy atom. The molecule has 2 heterocycles. The minimum atomic E-state index is -0.493. The molecule has 5 heteroatoms. The Hall–Kier alpha value is -2.56. The van der Waals surface area contributed by atoms with Crippen molar-refractivity contribution in [2.24, 2.45) is 0 Å². The predicted octanol–water partition coefficient (Wildman–Crippen LogP) is 2.45. The van der Waals surface area contributed by atoms with Crippen molar-refractivity contribution in [1.82, 2.24) is 9.78 Å². The highest BCUT2D eigenvalue weighted by atomic mass is 16.4. The van der Waals surface area contributed by atoms with E-state index in [4.69, 9.17) is 8.83 Å². The van der Waals surface area contributed by atoms with E-state index in [1.807, 2.05) is 31.2 Å². The smallest absolute Gasteiger partial charge is 0.437 e. The summed E-state index contributed by atoms with van der Waals surface area (Å²) in [6.45, 7) is 2.38. The largest absolute Gasteiger partial charge is 0.459 e. The SMILES string of the molecule is Cc1cccc(Cn2nc(-c3ccco3)oc2=O)c1. The molecule has 1 aromatic carbocycles. The molecule has 0 aliphatic carbocycles. The molecule has 0 unspecified atom stereocenters. The van der Waals surface area contributed by atoms with Crippen molar-refractivity contribution < 1.29 is 8.83 Å². The van der Waals surface area contributed by atoms with E-state index < -0.39 is 5.76 Å². The van der Waals surface area contributed by atoms with Gasteiger partial charge in [0, 0.05) is 0 Å². The number of hydrogen-bond acceptors (Lipinski definition) is 4. The summed E-state index contributed by atoms with van der Waals surface area (Å²) in [4.78, 5) is 11.7. The monoisotopic (exact) mass is 256 g/mol. The van der Waals surface area contributed by atoms with Crippen molar-refractivity contribution in [3.63, 3.8) is 0 Å². The van der Waals surface area contributed by atoms with E-state index in [1.165, 1.54) is 10.9 Å². The summed E-state index contributed by atoms with van der Waals surface area (Å²) in [7, 11) is 0. The maximum absolute atomic E-state index is 11.7. The Labute approximate surface area is 109 Å². The zero-order valence-electron chi connectivity index (χ0n) is 10.4. The Balaban J connectivity index is 1.92. The van der Waals surface area contributed by atoms with Gasteiger partial charge in [0.25, 0.3) is 5.89 Å². The molecule has 2 aromatic heterocycles. The summed E-state index contributed by atoms with van der Waals surface area (Å²) in [6, 6.07) is 11.3. The van der Waals surface area contributed by atoms with Crippen molar-refractivity contribution >= 4 is 0 Å².